The first-order chi connectivity index (χ1) is 30.3. The first kappa shape index (κ1) is 34.5. The van der Waals surface area contributed by atoms with Crippen molar-refractivity contribution in [2.45, 2.75) is 22.2 Å². The summed E-state index contributed by atoms with van der Waals surface area (Å²) in [5.41, 5.74) is 13.1. The largest absolute Gasteiger partial charge is 0.350 e. The van der Waals surface area contributed by atoms with Crippen LogP contribution >= 0.6 is 11.8 Å². The summed E-state index contributed by atoms with van der Waals surface area (Å²) in [5.74, 6) is 0.865. The predicted molar refractivity (Wildman–Crippen MR) is 254 cm³/mol. The van der Waals surface area contributed by atoms with E-state index < -0.39 is 0 Å². The molecule has 0 spiro atoms. The second-order valence-electron chi connectivity index (χ2n) is 16.0. The lowest BCUT2D eigenvalue weighted by atomic mass is 9.92. The van der Waals surface area contributed by atoms with Crippen LogP contribution in [0, 0.1) is 0 Å². The summed E-state index contributed by atoms with van der Waals surface area (Å²) in [7, 11) is 0. The topological polar surface area (TPSA) is 46.3 Å². The van der Waals surface area contributed by atoms with Gasteiger partial charge < -0.3 is 14.5 Å². The highest BCUT2D eigenvalue weighted by molar-refractivity contribution is 7.99. The molecular formula is C55H37N5S. The highest BCUT2D eigenvalue weighted by atomic mass is 32.2. The molecule has 6 heteroatoms. The van der Waals surface area contributed by atoms with Crippen LogP contribution in [0.1, 0.15) is 23.6 Å². The Balaban J connectivity index is 0.990. The second kappa shape index (κ2) is 13.6. The first-order valence-corrected chi connectivity index (χ1v) is 21.7. The number of hydrogen-bond donors (Lipinski definition) is 2. The number of aromatic nitrogens is 2. The fourth-order valence-corrected chi connectivity index (χ4v) is 11.1. The molecule has 2 atom stereocenters. The van der Waals surface area contributed by atoms with Gasteiger partial charge in [-0.05, 0) is 81.7 Å². The van der Waals surface area contributed by atoms with Gasteiger partial charge in [-0.25, -0.2) is 4.99 Å². The summed E-state index contributed by atoms with van der Waals surface area (Å²) in [6.07, 6.45) is -0.503. The van der Waals surface area contributed by atoms with Crippen molar-refractivity contribution in [1.82, 2.24) is 19.8 Å². The minimum Gasteiger partial charge on any atom is -0.350 e. The average Bonchev–Trinajstić information content (AvgIpc) is 3.85. The maximum atomic E-state index is 5.38. The molecule has 288 valence electrons. The summed E-state index contributed by atoms with van der Waals surface area (Å²) < 4.78 is 4.82. The van der Waals surface area contributed by atoms with Gasteiger partial charge in [0.25, 0.3) is 0 Å². The third-order valence-corrected chi connectivity index (χ3v) is 13.7. The zero-order valence-electron chi connectivity index (χ0n) is 33.0. The van der Waals surface area contributed by atoms with Crippen LogP contribution in [0.3, 0.4) is 0 Å². The molecule has 2 N–H and O–H groups in total. The van der Waals surface area contributed by atoms with Crippen LogP contribution in [0.15, 0.2) is 215 Å². The highest BCUT2D eigenvalue weighted by Gasteiger charge is 2.29. The molecule has 2 aliphatic rings. The number of rotatable bonds is 5. The Hall–Kier alpha value is -7.38. The third-order valence-electron chi connectivity index (χ3n) is 12.6. The number of hydrogen-bond acceptors (Lipinski definition) is 4. The Labute approximate surface area is 356 Å². The predicted octanol–water partition coefficient (Wildman–Crippen LogP) is 13.6. The monoisotopic (exact) mass is 799 g/mol. The van der Waals surface area contributed by atoms with E-state index in [0.29, 0.717) is 0 Å². The molecule has 0 amide bonds. The number of amidine groups is 1. The van der Waals surface area contributed by atoms with Crippen LogP contribution in [0.25, 0.3) is 82.3 Å². The van der Waals surface area contributed by atoms with Gasteiger partial charge in [0.15, 0.2) is 6.29 Å². The summed E-state index contributed by atoms with van der Waals surface area (Å²) >= 11 is 1.89. The van der Waals surface area contributed by atoms with E-state index in [9.17, 15) is 0 Å². The molecule has 0 fully saturated rings. The minimum absolute atomic E-state index is 0.140. The van der Waals surface area contributed by atoms with Crippen LogP contribution in [0.5, 0.6) is 0 Å². The number of para-hydroxylation sites is 3. The maximum absolute atomic E-state index is 5.38. The lowest BCUT2D eigenvalue weighted by molar-refractivity contribution is 0.341. The Morgan fingerprint density at radius 2 is 1.11 bits per heavy atom. The fourth-order valence-electron chi connectivity index (χ4n) is 9.96. The van der Waals surface area contributed by atoms with E-state index in [1.807, 2.05) is 11.8 Å². The fraction of sp³-hybridized carbons (Fsp3) is 0.0364. The number of nitrogens with one attached hydrogen (secondary N) is 2. The van der Waals surface area contributed by atoms with E-state index in [4.69, 9.17) is 4.99 Å². The van der Waals surface area contributed by atoms with Gasteiger partial charge in [-0.1, -0.05) is 163 Å². The number of nitrogens with zero attached hydrogens (tertiary/aromatic N) is 3. The van der Waals surface area contributed by atoms with Crippen molar-refractivity contribution in [1.29, 1.82) is 0 Å². The number of benzene rings is 9. The summed E-state index contributed by atoms with van der Waals surface area (Å²) in [5, 5.41) is 15.2. The number of fused-ring (bicyclic) bond motifs is 9. The second-order valence-corrected chi connectivity index (χ2v) is 17.0. The molecule has 0 aliphatic carbocycles. The van der Waals surface area contributed by atoms with Gasteiger partial charge in [-0.2, -0.15) is 0 Å². The van der Waals surface area contributed by atoms with E-state index in [1.54, 1.807) is 0 Å². The van der Waals surface area contributed by atoms with Crippen LogP contribution in [-0.2, 0) is 0 Å². The molecule has 9 aromatic carbocycles. The zero-order valence-corrected chi connectivity index (χ0v) is 33.8. The quantitative estimate of drug-likeness (QED) is 0.182. The molecule has 2 unspecified atom stereocenters. The Morgan fingerprint density at radius 3 is 1.93 bits per heavy atom. The van der Waals surface area contributed by atoms with Crippen LogP contribution in [0.2, 0.25) is 0 Å². The Kier molecular flexibility index (Phi) is 7.67. The molecule has 5 nitrogen and oxygen atoms in total. The lowest BCUT2D eigenvalue weighted by Crippen LogP contribution is -2.46. The molecule has 0 saturated carbocycles. The Morgan fingerprint density at radius 1 is 0.443 bits per heavy atom. The van der Waals surface area contributed by atoms with Gasteiger partial charge in [0.2, 0.25) is 0 Å². The molecule has 0 bridgehead atoms. The van der Waals surface area contributed by atoms with E-state index in [2.05, 4.69) is 220 Å². The zero-order chi connectivity index (χ0) is 40.0. The molecule has 0 saturated heterocycles. The van der Waals surface area contributed by atoms with Crippen molar-refractivity contribution in [3.63, 3.8) is 0 Å². The van der Waals surface area contributed by atoms with E-state index in [0.717, 1.165) is 28.0 Å². The lowest BCUT2D eigenvalue weighted by Gasteiger charge is -2.33. The Bertz CT molecular complexity index is 3570. The molecule has 4 heterocycles. The molecule has 13 rings (SSSR count). The van der Waals surface area contributed by atoms with Crippen molar-refractivity contribution >= 4 is 72.0 Å². The van der Waals surface area contributed by atoms with E-state index in [1.165, 1.54) is 81.1 Å². The van der Waals surface area contributed by atoms with Crippen molar-refractivity contribution in [2.75, 3.05) is 0 Å². The first-order valence-electron chi connectivity index (χ1n) is 20.9. The molecule has 2 aromatic heterocycles. The van der Waals surface area contributed by atoms with Crippen LogP contribution in [-0.4, -0.2) is 15.0 Å². The van der Waals surface area contributed by atoms with Crippen molar-refractivity contribution in [3.05, 3.63) is 211 Å². The average molecular weight is 800 g/mol. The molecular weight excluding hydrogens is 763 g/mol. The molecule has 61 heavy (non-hydrogen) atoms. The van der Waals surface area contributed by atoms with Gasteiger partial charge in [0, 0.05) is 48.0 Å². The SMILES string of the molecule is c1ccc(C2=NC(n3c4ccccc4c4c(-c5ccc6c(c5)Sc5cccc7c5c-6cc5c7c6ccccc6n5-c5ccccc5)cccc43)NC(c3ccccc3)N2)cc1. The van der Waals surface area contributed by atoms with Crippen molar-refractivity contribution < 1.29 is 0 Å². The summed E-state index contributed by atoms with van der Waals surface area (Å²) in [6, 6.07) is 72.5. The van der Waals surface area contributed by atoms with Gasteiger partial charge in [-0.15, -0.1) is 0 Å². The highest BCUT2D eigenvalue weighted by Crippen LogP contribution is 2.52. The molecule has 0 radical (unpaired) electrons. The maximum Gasteiger partial charge on any atom is 0.184 e. The normalized spacial score (nSPS) is 16.0. The van der Waals surface area contributed by atoms with Crippen molar-refractivity contribution in [3.8, 4) is 27.9 Å². The van der Waals surface area contributed by atoms with Gasteiger partial charge in [0.1, 0.15) is 12.0 Å². The van der Waals surface area contributed by atoms with E-state index in [-0.39, 0.29) is 12.5 Å². The molecule has 2 aliphatic heterocycles. The smallest absolute Gasteiger partial charge is 0.184 e. The van der Waals surface area contributed by atoms with Crippen LogP contribution < -0.4 is 10.6 Å². The standard InChI is InChI=1S/C55H37N5S/c1-4-16-34(17-5-1)53-56-54(35-18-6-2-7-19-35)58-55(57-53)60-45-27-13-11-23-41(45)50-38(24-14-28-46(50)60)36-30-31-39-43-33-47-51(42-25-15-29-48(52(42)43)61-49(39)32-36)40-22-10-12-26-44(40)59(47)37-20-8-3-9-21-37/h1-33,53,55,57H,(H,56,58). The van der Waals surface area contributed by atoms with Crippen molar-refractivity contribution in [2.24, 2.45) is 4.99 Å². The van der Waals surface area contributed by atoms with Gasteiger partial charge >= 0.3 is 0 Å². The summed E-state index contributed by atoms with van der Waals surface area (Å²) in [4.78, 5) is 7.94. The van der Waals surface area contributed by atoms with Gasteiger partial charge in [0.05, 0.1) is 22.1 Å². The van der Waals surface area contributed by atoms with Gasteiger partial charge in [-0.3, -0.25) is 5.32 Å². The molecule has 11 aromatic rings. The van der Waals surface area contributed by atoms with Crippen LogP contribution in [0.4, 0.5) is 0 Å². The minimum atomic E-state index is -0.362. The summed E-state index contributed by atoms with van der Waals surface area (Å²) in [6.45, 7) is 0. The number of aliphatic imine (C=N–C) groups is 1. The third kappa shape index (κ3) is 5.29. The van der Waals surface area contributed by atoms with E-state index >= 15 is 0 Å².